The number of H-pyrrole nitrogens is 1. The fourth-order valence-electron chi connectivity index (χ4n) is 2.81. The number of rotatable bonds is 4. The van der Waals surface area contributed by atoms with Gasteiger partial charge in [-0.15, -0.1) is 0 Å². The van der Waals surface area contributed by atoms with E-state index in [2.05, 4.69) is 15.3 Å². The Morgan fingerprint density at radius 1 is 0.929 bits per heavy atom. The van der Waals surface area contributed by atoms with Gasteiger partial charge < -0.3 is 16.0 Å². The van der Waals surface area contributed by atoms with Gasteiger partial charge in [0, 0.05) is 22.4 Å². The number of nitrogens with one attached hydrogen (secondary N) is 2. The lowest BCUT2D eigenvalue weighted by atomic mass is 10.1. The maximum Gasteiger partial charge on any atom is 0.255 e. The van der Waals surface area contributed by atoms with Crippen LogP contribution in [0.2, 0.25) is 0 Å². The molecule has 138 valence electrons. The van der Waals surface area contributed by atoms with Crippen molar-refractivity contribution < 1.29 is 14.0 Å². The molecular weight excluding hydrogens is 359 g/mol. The number of amides is 2. The molecule has 0 aliphatic carbocycles. The minimum Gasteiger partial charge on any atom is -0.366 e. The van der Waals surface area contributed by atoms with Gasteiger partial charge in [-0.1, -0.05) is 12.1 Å². The number of benzene rings is 3. The maximum absolute atomic E-state index is 13.0. The molecule has 0 aliphatic heterocycles. The van der Waals surface area contributed by atoms with Gasteiger partial charge in [0.2, 0.25) is 5.91 Å². The number of nitrogens with two attached hydrogens (primary N) is 1. The number of imidazole rings is 1. The monoisotopic (exact) mass is 374 g/mol. The van der Waals surface area contributed by atoms with E-state index in [1.165, 1.54) is 24.3 Å². The van der Waals surface area contributed by atoms with Crippen molar-refractivity contribution in [3.05, 3.63) is 83.7 Å². The van der Waals surface area contributed by atoms with Gasteiger partial charge >= 0.3 is 0 Å². The summed E-state index contributed by atoms with van der Waals surface area (Å²) >= 11 is 0. The third-order valence-electron chi connectivity index (χ3n) is 4.29. The van der Waals surface area contributed by atoms with E-state index in [1.807, 2.05) is 0 Å². The molecule has 0 radical (unpaired) electrons. The summed E-state index contributed by atoms with van der Waals surface area (Å²) in [5, 5.41) is 2.72. The van der Waals surface area contributed by atoms with E-state index in [0.29, 0.717) is 28.2 Å². The highest BCUT2D eigenvalue weighted by atomic mass is 19.1. The van der Waals surface area contributed by atoms with Crippen LogP contribution in [0.1, 0.15) is 20.7 Å². The first-order valence-corrected chi connectivity index (χ1v) is 8.46. The van der Waals surface area contributed by atoms with Crippen LogP contribution in [0.4, 0.5) is 10.1 Å². The Morgan fingerprint density at radius 3 is 2.29 bits per heavy atom. The molecule has 28 heavy (non-hydrogen) atoms. The minimum absolute atomic E-state index is 0.316. The molecule has 2 amide bonds. The number of hydrogen-bond donors (Lipinski definition) is 3. The smallest absolute Gasteiger partial charge is 0.255 e. The maximum atomic E-state index is 13.0. The molecule has 0 saturated heterocycles. The van der Waals surface area contributed by atoms with Crippen molar-refractivity contribution >= 4 is 28.5 Å². The van der Waals surface area contributed by atoms with Crippen LogP contribution >= 0.6 is 0 Å². The molecule has 1 aromatic heterocycles. The number of hydrogen-bond acceptors (Lipinski definition) is 3. The molecule has 3 aromatic carbocycles. The molecule has 0 saturated carbocycles. The number of aromatic nitrogens is 2. The van der Waals surface area contributed by atoms with E-state index < -0.39 is 5.91 Å². The number of primary amides is 1. The van der Waals surface area contributed by atoms with Crippen LogP contribution in [0.15, 0.2) is 66.7 Å². The standard InChI is InChI=1S/C21H15FN4O2/c22-15-6-8-16(9-7-15)24-21(28)14-5-10-17-18(11-14)26-20(25-17)13-3-1-12(2-4-13)19(23)27/h1-11H,(H2,23,27)(H,24,28)(H,25,26). The molecule has 6 nitrogen and oxygen atoms in total. The van der Waals surface area contributed by atoms with Gasteiger partial charge in [-0.05, 0) is 54.6 Å². The molecule has 0 unspecified atom stereocenters. The highest BCUT2D eigenvalue weighted by Gasteiger charge is 2.11. The van der Waals surface area contributed by atoms with Gasteiger partial charge in [-0.25, -0.2) is 9.37 Å². The number of anilines is 1. The van der Waals surface area contributed by atoms with Crippen LogP contribution in [0.25, 0.3) is 22.4 Å². The fraction of sp³-hybridized carbons (Fsp3) is 0. The van der Waals surface area contributed by atoms with Gasteiger partial charge in [0.25, 0.3) is 5.91 Å². The van der Waals surface area contributed by atoms with E-state index in [9.17, 15) is 14.0 Å². The topological polar surface area (TPSA) is 101 Å². The molecular formula is C21H15FN4O2. The van der Waals surface area contributed by atoms with Gasteiger partial charge in [0.1, 0.15) is 11.6 Å². The first-order chi connectivity index (χ1) is 13.5. The van der Waals surface area contributed by atoms with Gasteiger partial charge in [0.05, 0.1) is 11.0 Å². The lowest BCUT2D eigenvalue weighted by molar-refractivity contribution is 0.0997. The zero-order chi connectivity index (χ0) is 19.7. The van der Waals surface area contributed by atoms with E-state index in [-0.39, 0.29) is 11.7 Å². The van der Waals surface area contributed by atoms with Crippen molar-refractivity contribution in [2.45, 2.75) is 0 Å². The molecule has 4 N–H and O–H groups in total. The number of carbonyl (C=O) groups is 2. The van der Waals surface area contributed by atoms with Crippen molar-refractivity contribution in [3.63, 3.8) is 0 Å². The molecule has 1 heterocycles. The summed E-state index contributed by atoms with van der Waals surface area (Å²) in [5.41, 5.74) is 8.79. The van der Waals surface area contributed by atoms with Crippen LogP contribution in [0.5, 0.6) is 0 Å². The summed E-state index contributed by atoms with van der Waals surface area (Å²) in [6.45, 7) is 0. The van der Waals surface area contributed by atoms with Gasteiger partial charge in [-0.2, -0.15) is 0 Å². The molecule has 4 rings (SSSR count). The Morgan fingerprint density at radius 2 is 1.61 bits per heavy atom. The van der Waals surface area contributed by atoms with Crippen molar-refractivity contribution in [3.8, 4) is 11.4 Å². The highest BCUT2D eigenvalue weighted by molar-refractivity contribution is 6.06. The summed E-state index contributed by atoms with van der Waals surface area (Å²) in [6, 6.07) is 17.4. The van der Waals surface area contributed by atoms with Crippen molar-refractivity contribution in [1.29, 1.82) is 0 Å². The Labute approximate surface area is 159 Å². The zero-order valence-corrected chi connectivity index (χ0v) is 14.6. The van der Waals surface area contributed by atoms with Crippen LogP contribution in [0, 0.1) is 5.82 Å². The summed E-state index contributed by atoms with van der Waals surface area (Å²) in [7, 11) is 0. The third-order valence-corrected chi connectivity index (χ3v) is 4.29. The quantitative estimate of drug-likeness (QED) is 0.507. The largest absolute Gasteiger partial charge is 0.366 e. The zero-order valence-electron chi connectivity index (χ0n) is 14.6. The van der Waals surface area contributed by atoms with Crippen LogP contribution in [0.3, 0.4) is 0 Å². The lowest BCUT2D eigenvalue weighted by Gasteiger charge is -2.05. The number of nitrogens with zero attached hydrogens (tertiary/aromatic N) is 1. The van der Waals surface area contributed by atoms with Crippen molar-refractivity contribution in [2.75, 3.05) is 5.32 Å². The van der Waals surface area contributed by atoms with Crippen molar-refractivity contribution in [1.82, 2.24) is 9.97 Å². The Kier molecular flexibility index (Phi) is 4.33. The molecule has 4 aromatic rings. The highest BCUT2D eigenvalue weighted by Crippen LogP contribution is 2.22. The summed E-state index contributed by atoms with van der Waals surface area (Å²) < 4.78 is 13.0. The van der Waals surface area contributed by atoms with Crippen molar-refractivity contribution in [2.24, 2.45) is 5.73 Å². The van der Waals surface area contributed by atoms with Gasteiger partial charge in [0.15, 0.2) is 0 Å². The average Bonchev–Trinajstić information content (AvgIpc) is 3.13. The van der Waals surface area contributed by atoms with Crippen LogP contribution < -0.4 is 11.1 Å². The predicted octanol–water partition coefficient (Wildman–Crippen LogP) is 3.72. The number of fused-ring (bicyclic) bond motifs is 1. The fourth-order valence-corrected chi connectivity index (χ4v) is 2.81. The normalized spacial score (nSPS) is 10.8. The second kappa shape index (κ2) is 6.96. The summed E-state index contributed by atoms with van der Waals surface area (Å²) in [5.74, 6) is -0.564. The molecule has 0 fully saturated rings. The molecule has 0 atom stereocenters. The first kappa shape index (κ1) is 17.4. The van der Waals surface area contributed by atoms with E-state index >= 15 is 0 Å². The third kappa shape index (κ3) is 3.45. The molecule has 0 aliphatic rings. The summed E-state index contributed by atoms with van der Waals surface area (Å²) in [6.07, 6.45) is 0. The molecule has 0 bridgehead atoms. The second-order valence-corrected chi connectivity index (χ2v) is 6.22. The number of aromatic amines is 1. The van der Waals surface area contributed by atoms with E-state index in [0.717, 1.165) is 11.1 Å². The predicted molar refractivity (Wildman–Crippen MR) is 104 cm³/mol. The van der Waals surface area contributed by atoms with Crippen LogP contribution in [-0.4, -0.2) is 21.8 Å². The van der Waals surface area contributed by atoms with E-state index in [1.54, 1.807) is 42.5 Å². The Bertz CT molecular complexity index is 1180. The average molecular weight is 374 g/mol. The molecule has 0 spiro atoms. The second-order valence-electron chi connectivity index (χ2n) is 6.22. The first-order valence-electron chi connectivity index (χ1n) is 8.46. The van der Waals surface area contributed by atoms with Gasteiger partial charge in [-0.3, -0.25) is 9.59 Å². The SMILES string of the molecule is NC(=O)c1ccc(-c2nc3cc(C(=O)Nc4ccc(F)cc4)ccc3[nH]2)cc1. The number of carbonyl (C=O) groups excluding carboxylic acids is 2. The Hall–Kier alpha value is -4.00. The van der Waals surface area contributed by atoms with E-state index in [4.69, 9.17) is 5.73 Å². The Balaban J connectivity index is 1.59. The minimum atomic E-state index is -0.493. The lowest BCUT2D eigenvalue weighted by Crippen LogP contribution is -2.11. The summed E-state index contributed by atoms with van der Waals surface area (Å²) in [4.78, 5) is 31.3. The number of halogens is 1. The van der Waals surface area contributed by atoms with Crippen LogP contribution in [-0.2, 0) is 0 Å². The molecule has 7 heteroatoms.